The standard InChI is InChI=1S/6ClH.2K.Ru.2H/h6*1H;;;;;. The van der Waals surface area contributed by atoms with Crippen LogP contribution in [0.2, 0.25) is 0 Å². The van der Waals surface area contributed by atoms with Crippen molar-refractivity contribution < 1.29 is 19.5 Å². The minimum absolute atomic E-state index is 0. The normalized spacial score (nSPS) is 0. The van der Waals surface area contributed by atoms with E-state index in [4.69, 9.17) is 0 Å². The summed E-state index contributed by atoms with van der Waals surface area (Å²) >= 11 is 0. The largest absolute Gasteiger partial charge is 0 e. The summed E-state index contributed by atoms with van der Waals surface area (Å²) in [5.41, 5.74) is 0. The number of hydrogen-bond donors (Lipinski definition) is 0. The molecule has 0 aromatic carbocycles. The first-order valence-corrected chi connectivity index (χ1v) is 0. The topological polar surface area (TPSA) is 0 Å². The minimum atomic E-state index is 0. The van der Waals surface area contributed by atoms with Crippen molar-refractivity contribution in [3.8, 4) is 0 Å². The fourth-order valence-corrected chi connectivity index (χ4v) is 0. The fraction of sp³-hybridized carbons (Fsp3) is 0. The Balaban J connectivity index is 0. The summed E-state index contributed by atoms with van der Waals surface area (Å²) in [7, 11) is 0. The molecule has 9 heavy (non-hydrogen) atoms. The molecule has 0 aliphatic carbocycles. The van der Waals surface area contributed by atoms with E-state index in [0.717, 1.165) is 0 Å². The second-order valence-corrected chi connectivity index (χ2v) is 0. The van der Waals surface area contributed by atoms with E-state index < -0.39 is 0 Å². The number of halogens is 6. The van der Waals surface area contributed by atoms with E-state index in [9.17, 15) is 0 Å². The molecule has 0 fully saturated rings. The van der Waals surface area contributed by atoms with E-state index in [-0.39, 0.29) is 197 Å². The van der Waals surface area contributed by atoms with Crippen LogP contribution >= 0.6 is 74.4 Å². The predicted octanol–water partition coefficient (Wildman–Crippen LogP) is 1.23. The SMILES string of the molecule is Cl.Cl.Cl.Cl.Cl.Cl.[KH].[KH].[Ru]. The van der Waals surface area contributed by atoms with Crippen molar-refractivity contribution in [1.82, 2.24) is 0 Å². The van der Waals surface area contributed by atoms with Crippen LogP contribution in [-0.4, -0.2) is 103 Å². The molecule has 0 aromatic heterocycles. The second kappa shape index (κ2) is 68.5. The molecule has 9 heteroatoms. The molecule has 0 heterocycles. The molecular weight excluding hydrogens is 392 g/mol. The fourth-order valence-electron chi connectivity index (χ4n) is 0. The Bertz CT molecular complexity index is 11.0. The van der Waals surface area contributed by atoms with Gasteiger partial charge in [-0.15, -0.1) is 74.4 Å². The molecular formula is H8Cl6K2Ru. The van der Waals surface area contributed by atoms with Crippen LogP contribution in [0.5, 0.6) is 0 Å². The van der Waals surface area contributed by atoms with Crippen LogP contribution in [0.4, 0.5) is 0 Å². The van der Waals surface area contributed by atoms with Gasteiger partial charge in [0.05, 0.1) is 0 Å². The van der Waals surface area contributed by atoms with Crippen LogP contribution < -0.4 is 0 Å². The Hall–Kier alpha value is 5.64. The summed E-state index contributed by atoms with van der Waals surface area (Å²) in [6, 6.07) is 0. The molecule has 0 aromatic rings. The maximum absolute atomic E-state index is 0. The average molecular weight is 400 g/mol. The molecule has 0 aliphatic rings. The van der Waals surface area contributed by atoms with E-state index in [1.165, 1.54) is 0 Å². The Morgan fingerprint density at radius 2 is 0.333 bits per heavy atom. The van der Waals surface area contributed by atoms with Crippen molar-refractivity contribution in [2.75, 3.05) is 0 Å². The molecule has 0 radical (unpaired) electrons. The van der Waals surface area contributed by atoms with Crippen molar-refractivity contribution in [3.63, 3.8) is 0 Å². The van der Waals surface area contributed by atoms with Gasteiger partial charge in [0.2, 0.25) is 0 Å². The third-order valence-corrected chi connectivity index (χ3v) is 0. The summed E-state index contributed by atoms with van der Waals surface area (Å²) in [5.74, 6) is 0. The van der Waals surface area contributed by atoms with Gasteiger partial charge in [-0.05, 0) is 0 Å². The first-order valence-electron chi connectivity index (χ1n) is 0. The predicted molar refractivity (Wildman–Crippen MR) is 57.8 cm³/mol. The Morgan fingerprint density at radius 3 is 0.333 bits per heavy atom. The molecule has 0 amide bonds. The Kier molecular flexibility index (Phi) is 652. The van der Waals surface area contributed by atoms with E-state index in [1.54, 1.807) is 0 Å². The van der Waals surface area contributed by atoms with Crippen LogP contribution in [0.25, 0.3) is 0 Å². The molecule has 0 unspecified atom stereocenters. The maximum atomic E-state index is 0. The third-order valence-electron chi connectivity index (χ3n) is 0. The van der Waals surface area contributed by atoms with Gasteiger partial charge in [0, 0.05) is 19.5 Å². The molecule has 0 nitrogen and oxygen atoms in total. The first kappa shape index (κ1) is 85.7. The maximum Gasteiger partial charge on any atom is 0 e. The zero-order chi connectivity index (χ0) is 0. The van der Waals surface area contributed by atoms with Crippen LogP contribution in [-0.2, 0) is 19.5 Å². The van der Waals surface area contributed by atoms with Gasteiger partial charge >= 0.3 is 103 Å². The first-order chi connectivity index (χ1) is 0. The molecule has 0 rings (SSSR count). The van der Waals surface area contributed by atoms with Crippen LogP contribution in [0.1, 0.15) is 0 Å². The molecule has 0 saturated carbocycles. The van der Waals surface area contributed by atoms with Gasteiger partial charge in [-0.3, -0.25) is 0 Å². The average Bonchev–Trinajstić information content (AvgIpc) is 0. The van der Waals surface area contributed by atoms with Gasteiger partial charge in [-0.2, -0.15) is 0 Å². The zero-order valence-electron chi connectivity index (χ0n) is 2.80. The van der Waals surface area contributed by atoms with Gasteiger partial charge in [0.1, 0.15) is 0 Å². The van der Waals surface area contributed by atoms with Gasteiger partial charge in [-0.25, -0.2) is 0 Å². The van der Waals surface area contributed by atoms with E-state index in [1.807, 2.05) is 0 Å². The molecule has 60 valence electrons. The van der Waals surface area contributed by atoms with Gasteiger partial charge in [0.25, 0.3) is 0 Å². The van der Waals surface area contributed by atoms with Crippen molar-refractivity contribution in [1.29, 1.82) is 0 Å². The number of hydrogen-bond acceptors (Lipinski definition) is 0. The van der Waals surface area contributed by atoms with Gasteiger partial charge in [-0.1, -0.05) is 0 Å². The van der Waals surface area contributed by atoms with Crippen LogP contribution in [0, 0.1) is 0 Å². The second-order valence-electron chi connectivity index (χ2n) is 0. The molecule has 0 bridgehead atoms. The summed E-state index contributed by atoms with van der Waals surface area (Å²) in [4.78, 5) is 0. The van der Waals surface area contributed by atoms with Crippen LogP contribution in [0.3, 0.4) is 0 Å². The molecule has 0 N–H and O–H groups in total. The van der Waals surface area contributed by atoms with Crippen molar-refractivity contribution in [2.24, 2.45) is 0 Å². The van der Waals surface area contributed by atoms with Gasteiger partial charge < -0.3 is 0 Å². The van der Waals surface area contributed by atoms with E-state index in [2.05, 4.69) is 0 Å². The quantitative estimate of drug-likeness (QED) is 0.537. The van der Waals surface area contributed by atoms with Crippen LogP contribution in [0.15, 0.2) is 0 Å². The van der Waals surface area contributed by atoms with Gasteiger partial charge in [0.15, 0.2) is 0 Å². The monoisotopic (exact) mass is 398 g/mol. The molecule has 0 aliphatic heterocycles. The molecule has 0 saturated heterocycles. The summed E-state index contributed by atoms with van der Waals surface area (Å²) in [6.07, 6.45) is 0. The summed E-state index contributed by atoms with van der Waals surface area (Å²) in [5, 5.41) is 0. The van der Waals surface area contributed by atoms with Crippen molar-refractivity contribution in [2.45, 2.75) is 0 Å². The molecule has 0 atom stereocenters. The Labute approximate surface area is 191 Å². The Morgan fingerprint density at radius 1 is 0.333 bits per heavy atom. The smallest absolute Gasteiger partial charge is 0 e. The van der Waals surface area contributed by atoms with Crippen molar-refractivity contribution >= 4 is 177 Å². The van der Waals surface area contributed by atoms with E-state index in [0.29, 0.717) is 0 Å². The zero-order valence-corrected chi connectivity index (χ0v) is 9.44. The number of rotatable bonds is 0. The van der Waals surface area contributed by atoms with Crippen molar-refractivity contribution in [3.05, 3.63) is 0 Å². The summed E-state index contributed by atoms with van der Waals surface area (Å²) < 4.78 is 0. The minimum Gasteiger partial charge on any atom is 0 e. The summed E-state index contributed by atoms with van der Waals surface area (Å²) in [6.45, 7) is 0. The van der Waals surface area contributed by atoms with E-state index >= 15 is 0 Å². The molecule has 0 spiro atoms. The third kappa shape index (κ3) is 58.1.